The van der Waals surface area contributed by atoms with Gasteiger partial charge < -0.3 is 14.5 Å². The lowest BCUT2D eigenvalue weighted by atomic mass is 9.70. The smallest absolute Gasteiger partial charge is 0.251 e. The fourth-order valence-corrected chi connectivity index (χ4v) is 4.82. The van der Waals surface area contributed by atoms with Crippen LogP contribution in [0.5, 0.6) is 5.75 Å². The summed E-state index contributed by atoms with van der Waals surface area (Å²) in [5.74, 6) is 2.76. The molecule has 1 aromatic heterocycles. The second-order valence-corrected chi connectivity index (χ2v) is 9.57. The zero-order valence-corrected chi connectivity index (χ0v) is 20.6. The maximum Gasteiger partial charge on any atom is 0.251 e. The molecule has 1 N–H and O–H groups in total. The third-order valence-corrected chi connectivity index (χ3v) is 6.91. The molecule has 3 atom stereocenters. The van der Waals surface area contributed by atoms with E-state index in [-0.39, 0.29) is 17.6 Å². The number of aromatic nitrogens is 2. The number of allylic oxidation sites excluding steroid dienone is 1. The van der Waals surface area contributed by atoms with E-state index in [9.17, 15) is 9.18 Å². The first-order chi connectivity index (χ1) is 16.8. The summed E-state index contributed by atoms with van der Waals surface area (Å²) >= 11 is 0. The minimum atomic E-state index is -0.351. The number of nitrogens with zero attached hydrogens (tertiary/aromatic N) is 2. The van der Waals surface area contributed by atoms with E-state index in [0.717, 1.165) is 17.7 Å². The summed E-state index contributed by atoms with van der Waals surface area (Å²) in [6.07, 6.45) is 3.95. The number of hydrogen-bond acceptors (Lipinski definition) is 5. The van der Waals surface area contributed by atoms with E-state index in [0.29, 0.717) is 48.1 Å². The van der Waals surface area contributed by atoms with E-state index in [1.54, 1.807) is 7.11 Å². The van der Waals surface area contributed by atoms with Gasteiger partial charge in [0.2, 0.25) is 11.8 Å². The van der Waals surface area contributed by atoms with Crippen LogP contribution in [0, 0.1) is 29.5 Å². The van der Waals surface area contributed by atoms with Gasteiger partial charge in [0.05, 0.1) is 7.11 Å². The van der Waals surface area contributed by atoms with Crippen LogP contribution >= 0.6 is 0 Å². The van der Waals surface area contributed by atoms with Crippen molar-refractivity contribution < 1.29 is 18.3 Å². The Morgan fingerprint density at radius 2 is 1.86 bits per heavy atom. The molecule has 1 aliphatic rings. The van der Waals surface area contributed by atoms with Crippen molar-refractivity contribution in [2.24, 2.45) is 23.7 Å². The number of hydrogen-bond donors (Lipinski definition) is 1. The van der Waals surface area contributed by atoms with Gasteiger partial charge in [-0.25, -0.2) is 4.39 Å². The molecule has 1 heterocycles. The van der Waals surface area contributed by atoms with E-state index in [2.05, 4.69) is 42.4 Å². The van der Waals surface area contributed by atoms with Crippen LogP contribution in [0.3, 0.4) is 0 Å². The van der Waals surface area contributed by atoms with Gasteiger partial charge in [-0.3, -0.25) is 4.79 Å². The van der Waals surface area contributed by atoms with Crippen molar-refractivity contribution in [1.29, 1.82) is 0 Å². The van der Waals surface area contributed by atoms with Crippen LogP contribution in [0.4, 0.5) is 4.39 Å². The molecular formula is C28H32FN3O3. The highest BCUT2D eigenvalue weighted by molar-refractivity contribution is 5.94. The minimum Gasteiger partial charge on any atom is -0.497 e. The number of nitrogens with one attached hydrogen (secondary N) is 1. The fourth-order valence-electron chi connectivity index (χ4n) is 4.82. The molecule has 0 fully saturated rings. The molecule has 0 saturated heterocycles. The molecule has 6 nitrogen and oxygen atoms in total. The maximum absolute atomic E-state index is 13.2. The van der Waals surface area contributed by atoms with Gasteiger partial charge in [-0.1, -0.05) is 25.5 Å². The van der Waals surface area contributed by atoms with Crippen LogP contribution in [0.1, 0.15) is 43.4 Å². The van der Waals surface area contributed by atoms with Gasteiger partial charge in [-0.15, -0.1) is 10.2 Å². The Morgan fingerprint density at radius 3 is 2.51 bits per heavy atom. The van der Waals surface area contributed by atoms with Gasteiger partial charge in [0.25, 0.3) is 5.91 Å². The van der Waals surface area contributed by atoms with Crippen LogP contribution in [0.2, 0.25) is 0 Å². The molecule has 2 aromatic carbocycles. The number of carbonyl (C=O) groups excluding carboxylic acids is 1. The van der Waals surface area contributed by atoms with Gasteiger partial charge in [0.1, 0.15) is 11.6 Å². The normalized spacial score (nSPS) is 19.9. The molecule has 1 amide bonds. The molecule has 1 aliphatic carbocycles. The average Bonchev–Trinajstić information content (AvgIpc) is 3.32. The van der Waals surface area contributed by atoms with Crippen molar-refractivity contribution >= 4 is 5.91 Å². The molecule has 4 rings (SSSR count). The van der Waals surface area contributed by atoms with Gasteiger partial charge in [0, 0.05) is 24.1 Å². The minimum absolute atomic E-state index is 0.183. The molecule has 0 aliphatic heterocycles. The first kappa shape index (κ1) is 24.6. The summed E-state index contributed by atoms with van der Waals surface area (Å²) in [6, 6.07) is 13.2. The number of halogens is 1. The van der Waals surface area contributed by atoms with Crippen LogP contribution < -0.4 is 10.1 Å². The van der Waals surface area contributed by atoms with Crippen molar-refractivity contribution in [3.8, 4) is 17.2 Å². The molecular weight excluding hydrogens is 445 g/mol. The standard InChI is InChI=1S/C28H32FN3O3/c1-17(2)25-14-21(15-26-31-32-28(35-26)20-7-11-24(34-4)12-8-20)18(3)13-22(25)16-30-27(33)19-5-9-23(29)10-6-19/h5-13,17,21-22,25H,14-16H2,1-4H3,(H,30,33)/t21-,22-,25-/m0/s1. The van der Waals surface area contributed by atoms with Crippen molar-refractivity contribution in [2.45, 2.75) is 33.6 Å². The van der Waals surface area contributed by atoms with Crippen LogP contribution in [-0.4, -0.2) is 29.8 Å². The second-order valence-electron chi connectivity index (χ2n) is 9.57. The number of ether oxygens (including phenoxy) is 1. The number of carbonyl (C=O) groups is 1. The number of amides is 1. The number of benzene rings is 2. The molecule has 184 valence electrons. The Hall–Kier alpha value is -3.48. The molecule has 3 aromatic rings. The number of rotatable bonds is 8. The van der Waals surface area contributed by atoms with Gasteiger partial charge in [-0.2, -0.15) is 0 Å². The Kier molecular flexibility index (Phi) is 7.63. The van der Waals surface area contributed by atoms with Crippen LogP contribution in [-0.2, 0) is 6.42 Å². The van der Waals surface area contributed by atoms with Gasteiger partial charge in [-0.05, 0) is 85.5 Å². The molecule has 0 unspecified atom stereocenters. The predicted octanol–water partition coefficient (Wildman–Crippen LogP) is 5.71. The van der Waals surface area contributed by atoms with Crippen LogP contribution in [0.25, 0.3) is 11.5 Å². The van der Waals surface area contributed by atoms with E-state index in [1.165, 1.54) is 29.8 Å². The lowest BCUT2D eigenvalue weighted by Crippen LogP contribution is -2.37. The molecule has 0 saturated carbocycles. The topological polar surface area (TPSA) is 77.3 Å². The first-order valence-electron chi connectivity index (χ1n) is 12.0. The van der Waals surface area contributed by atoms with Gasteiger partial charge in [0.15, 0.2) is 0 Å². The lowest BCUT2D eigenvalue weighted by molar-refractivity contribution is 0.0939. The van der Waals surface area contributed by atoms with E-state index in [1.807, 2.05) is 24.3 Å². The molecule has 7 heteroatoms. The lowest BCUT2D eigenvalue weighted by Gasteiger charge is -2.37. The molecule has 0 radical (unpaired) electrons. The molecule has 0 bridgehead atoms. The summed E-state index contributed by atoms with van der Waals surface area (Å²) < 4.78 is 24.3. The molecule has 0 spiro atoms. The monoisotopic (exact) mass is 477 g/mol. The Balaban J connectivity index is 1.42. The second kappa shape index (κ2) is 10.8. The summed E-state index contributed by atoms with van der Waals surface area (Å²) in [5, 5.41) is 11.6. The maximum atomic E-state index is 13.2. The highest BCUT2D eigenvalue weighted by Crippen LogP contribution is 2.39. The summed E-state index contributed by atoms with van der Waals surface area (Å²) in [4.78, 5) is 12.5. The Labute approximate surface area is 205 Å². The van der Waals surface area contributed by atoms with Crippen molar-refractivity contribution in [2.75, 3.05) is 13.7 Å². The summed E-state index contributed by atoms with van der Waals surface area (Å²) in [6.45, 7) is 7.13. The number of methoxy groups -OCH3 is 1. The van der Waals surface area contributed by atoms with Crippen LogP contribution in [0.15, 0.2) is 64.6 Å². The van der Waals surface area contributed by atoms with E-state index in [4.69, 9.17) is 9.15 Å². The highest BCUT2D eigenvalue weighted by atomic mass is 19.1. The van der Waals surface area contributed by atoms with Crippen molar-refractivity contribution in [3.63, 3.8) is 0 Å². The molecule has 35 heavy (non-hydrogen) atoms. The zero-order chi connectivity index (χ0) is 24.9. The SMILES string of the molecule is COc1ccc(-c2nnc(C[C@@H]3C[C@@H](C(C)C)[C@H](CNC(=O)c4ccc(F)cc4)C=C3C)o2)cc1. The first-order valence-corrected chi connectivity index (χ1v) is 12.0. The van der Waals surface area contributed by atoms with E-state index >= 15 is 0 Å². The summed E-state index contributed by atoms with van der Waals surface area (Å²) in [5.41, 5.74) is 2.59. The third-order valence-electron chi connectivity index (χ3n) is 6.91. The van der Waals surface area contributed by atoms with Crippen molar-refractivity contribution in [1.82, 2.24) is 15.5 Å². The third kappa shape index (κ3) is 5.96. The van der Waals surface area contributed by atoms with Crippen molar-refractivity contribution in [3.05, 3.63) is 77.5 Å². The predicted molar refractivity (Wildman–Crippen MR) is 132 cm³/mol. The Morgan fingerprint density at radius 1 is 1.14 bits per heavy atom. The fraction of sp³-hybridized carbons (Fsp3) is 0.393. The summed E-state index contributed by atoms with van der Waals surface area (Å²) in [7, 11) is 1.63. The van der Waals surface area contributed by atoms with E-state index < -0.39 is 0 Å². The highest BCUT2D eigenvalue weighted by Gasteiger charge is 2.32. The average molecular weight is 478 g/mol. The zero-order valence-electron chi connectivity index (χ0n) is 20.6. The largest absolute Gasteiger partial charge is 0.497 e. The Bertz CT molecular complexity index is 1170. The quantitative estimate of drug-likeness (QED) is 0.421. The van der Waals surface area contributed by atoms with Gasteiger partial charge >= 0.3 is 0 Å².